The molecule has 0 spiro atoms. The molecule has 0 heterocycles. The molecular formula is C16H12N4O3S. The molecule has 0 aliphatic carbocycles. The lowest BCUT2D eigenvalue weighted by Gasteiger charge is -2.06. The van der Waals surface area contributed by atoms with Gasteiger partial charge in [-0.3, -0.25) is 4.55 Å². The first-order valence-corrected chi connectivity index (χ1v) is 8.31. The van der Waals surface area contributed by atoms with E-state index in [0.717, 1.165) is 5.39 Å². The van der Waals surface area contributed by atoms with Gasteiger partial charge in [0.15, 0.2) is 0 Å². The van der Waals surface area contributed by atoms with Crippen molar-refractivity contribution in [1.29, 1.82) is 5.53 Å². The van der Waals surface area contributed by atoms with Crippen molar-refractivity contribution in [3.8, 4) is 0 Å². The van der Waals surface area contributed by atoms with E-state index in [1.165, 1.54) is 12.1 Å². The minimum atomic E-state index is -4.44. The van der Waals surface area contributed by atoms with Gasteiger partial charge < -0.3 is 0 Å². The molecule has 3 aromatic rings. The van der Waals surface area contributed by atoms with Crippen molar-refractivity contribution in [2.24, 2.45) is 15.3 Å². The van der Waals surface area contributed by atoms with E-state index in [-0.39, 0.29) is 10.6 Å². The molecular weight excluding hydrogens is 328 g/mol. The molecule has 120 valence electrons. The highest BCUT2D eigenvalue weighted by molar-refractivity contribution is 7.86. The Balaban J connectivity index is 2.19. The predicted octanol–water partition coefficient (Wildman–Crippen LogP) is 5.16. The molecule has 0 fully saturated rings. The zero-order valence-electron chi connectivity index (χ0n) is 12.3. The number of azo groups is 1. The molecule has 3 rings (SSSR count). The number of benzene rings is 3. The van der Waals surface area contributed by atoms with Gasteiger partial charge >= 0.3 is 0 Å². The van der Waals surface area contributed by atoms with E-state index in [0.29, 0.717) is 16.8 Å². The Kier molecular flexibility index (Phi) is 4.15. The Morgan fingerprint density at radius 1 is 0.875 bits per heavy atom. The number of hydrogen-bond acceptors (Lipinski definition) is 6. The second kappa shape index (κ2) is 6.26. The smallest absolute Gasteiger partial charge is 0.282 e. The summed E-state index contributed by atoms with van der Waals surface area (Å²) in [6.07, 6.45) is 0. The van der Waals surface area contributed by atoms with Crippen LogP contribution < -0.4 is 0 Å². The Hall–Kier alpha value is -2.97. The van der Waals surface area contributed by atoms with Gasteiger partial charge in [-0.05, 0) is 29.7 Å². The fraction of sp³-hybridized carbons (Fsp3) is 0. The second-order valence-electron chi connectivity index (χ2n) is 4.94. The lowest BCUT2D eigenvalue weighted by atomic mass is 10.1. The molecule has 0 bridgehead atoms. The molecule has 24 heavy (non-hydrogen) atoms. The second-order valence-corrected chi connectivity index (χ2v) is 6.33. The van der Waals surface area contributed by atoms with Crippen molar-refractivity contribution in [3.05, 3.63) is 60.7 Å². The van der Waals surface area contributed by atoms with Crippen LogP contribution in [0.25, 0.3) is 10.8 Å². The monoisotopic (exact) mass is 340 g/mol. The Morgan fingerprint density at radius 2 is 1.62 bits per heavy atom. The molecule has 3 aromatic carbocycles. The van der Waals surface area contributed by atoms with Crippen molar-refractivity contribution in [1.82, 2.24) is 0 Å². The van der Waals surface area contributed by atoms with E-state index in [1.54, 1.807) is 36.4 Å². The van der Waals surface area contributed by atoms with Gasteiger partial charge in [0.1, 0.15) is 10.6 Å². The zero-order valence-corrected chi connectivity index (χ0v) is 13.1. The van der Waals surface area contributed by atoms with Gasteiger partial charge in [-0.15, -0.1) is 5.11 Å². The SMILES string of the molecule is N=Nc1cccc(N=Nc2c(S(=O)(=O)O)ccc3ccccc23)c1. The zero-order chi connectivity index (χ0) is 17.2. The third-order valence-corrected chi connectivity index (χ3v) is 4.25. The summed E-state index contributed by atoms with van der Waals surface area (Å²) in [6.45, 7) is 0. The van der Waals surface area contributed by atoms with Crippen LogP contribution in [0.3, 0.4) is 0 Å². The van der Waals surface area contributed by atoms with Crippen LogP contribution in [0, 0.1) is 5.53 Å². The van der Waals surface area contributed by atoms with Crippen molar-refractivity contribution >= 4 is 38.0 Å². The first-order valence-electron chi connectivity index (χ1n) is 6.87. The molecule has 0 atom stereocenters. The van der Waals surface area contributed by atoms with Gasteiger partial charge in [-0.1, -0.05) is 36.4 Å². The quantitative estimate of drug-likeness (QED) is 0.504. The Morgan fingerprint density at radius 3 is 2.38 bits per heavy atom. The average Bonchev–Trinajstić information content (AvgIpc) is 2.58. The number of nitrogens with one attached hydrogen (secondary N) is 1. The van der Waals surface area contributed by atoms with E-state index in [2.05, 4.69) is 15.3 Å². The summed E-state index contributed by atoms with van der Waals surface area (Å²) in [5, 5.41) is 12.7. The summed E-state index contributed by atoms with van der Waals surface area (Å²) >= 11 is 0. The first-order chi connectivity index (χ1) is 11.5. The van der Waals surface area contributed by atoms with E-state index < -0.39 is 10.1 Å². The predicted molar refractivity (Wildman–Crippen MR) is 89.2 cm³/mol. The van der Waals surface area contributed by atoms with Gasteiger partial charge in [0.25, 0.3) is 10.1 Å². The lowest BCUT2D eigenvalue weighted by Crippen LogP contribution is -1.98. The van der Waals surface area contributed by atoms with Crippen LogP contribution >= 0.6 is 0 Å². The molecule has 0 saturated heterocycles. The number of hydrogen-bond donors (Lipinski definition) is 2. The molecule has 0 amide bonds. The van der Waals surface area contributed by atoms with Gasteiger partial charge in [-0.25, -0.2) is 5.53 Å². The third kappa shape index (κ3) is 3.19. The van der Waals surface area contributed by atoms with Crippen LogP contribution in [-0.2, 0) is 10.1 Å². The summed E-state index contributed by atoms with van der Waals surface area (Å²) in [4.78, 5) is -0.314. The maximum absolute atomic E-state index is 11.6. The summed E-state index contributed by atoms with van der Waals surface area (Å²) < 4.78 is 32.7. The third-order valence-electron chi connectivity index (χ3n) is 3.37. The molecule has 0 saturated carbocycles. The van der Waals surface area contributed by atoms with Gasteiger partial charge in [0, 0.05) is 5.39 Å². The van der Waals surface area contributed by atoms with Crippen LogP contribution in [0.1, 0.15) is 0 Å². The summed E-state index contributed by atoms with van der Waals surface area (Å²) in [7, 11) is -4.44. The summed E-state index contributed by atoms with van der Waals surface area (Å²) in [6, 6.07) is 16.4. The largest absolute Gasteiger partial charge is 0.296 e. The molecule has 0 unspecified atom stereocenters. The average molecular weight is 340 g/mol. The molecule has 0 aliphatic heterocycles. The number of fused-ring (bicyclic) bond motifs is 1. The normalized spacial score (nSPS) is 11.9. The molecule has 2 N–H and O–H groups in total. The fourth-order valence-corrected chi connectivity index (χ4v) is 2.91. The van der Waals surface area contributed by atoms with Crippen LogP contribution in [-0.4, -0.2) is 13.0 Å². The molecule has 0 radical (unpaired) electrons. The van der Waals surface area contributed by atoms with Gasteiger partial charge in [0.2, 0.25) is 0 Å². The number of rotatable bonds is 4. The first kappa shape index (κ1) is 15.9. The van der Waals surface area contributed by atoms with Crippen LogP contribution in [0.15, 0.2) is 80.9 Å². The summed E-state index contributed by atoms with van der Waals surface area (Å²) in [5.41, 5.74) is 7.88. The minimum Gasteiger partial charge on any atom is -0.282 e. The highest BCUT2D eigenvalue weighted by Gasteiger charge is 2.18. The molecule has 0 aromatic heterocycles. The highest BCUT2D eigenvalue weighted by Crippen LogP contribution is 2.34. The molecule has 7 nitrogen and oxygen atoms in total. The maximum atomic E-state index is 11.6. The van der Waals surface area contributed by atoms with Crippen molar-refractivity contribution < 1.29 is 13.0 Å². The van der Waals surface area contributed by atoms with Gasteiger partial charge in [0.05, 0.1) is 11.4 Å². The van der Waals surface area contributed by atoms with Crippen molar-refractivity contribution in [2.45, 2.75) is 4.90 Å². The van der Waals surface area contributed by atoms with E-state index in [4.69, 9.17) is 5.53 Å². The fourth-order valence-electron chi connectivity index (χ4n) is 2.28. The number of nitrogens with zero attached hydrogens (tertiary/aromatic N) is 3. The van der Waals surface area contributed by atoms with E-state index >= 15 is 0 Å². The minimum absolute atomic E-state index is 0.0591. The highest BCUT2D eigenvalue weighted by atomic mass is 32.2. The van der Waals surface area contributed by atoms with Crippen molar-refractivity contribution in [3.63, 3.8) is 0 Å². The van der Waals surface area contributed by atoms with Crippen LogP contribution in [0.4, 0.5) is 17.1 Å². The topological polar surface area (TPSA) is 115 Å². The van der Waals surface area contributed by atoms with Crippen molar-refractivity contribution in [2.75, 3.05) is 0 Å². The van der Waals surface area contributed by atoms with Gasteiger partial charge in [-0.2, -0.15) is 18.6 Å². The lowest BCUT2D eigenvalue weighted by molar-refractivity contribution is 0.483. The summed E-state index contributed by atoms with van der Waals surface area (Å²) in [5.74, 6) is 0. The standard InChI is InChI=1S/C16H12N4O3S/c17-18-12-5-3-6-13(10-12)19-20-16-14-7-2-1-4-11(14)8-9-15(16)24(21,22)23/h1-10,17H,(H,21,22,23). The maximum Gasteiger partial charge on any atom is 0.296 e. The van der Waals surface area contributed by atoms with E-state index in [9.17, 15) is 13.0 Å². The Labute approximate surface area is 137 Å². The molecule has 8 heteroatoms. The molecule has 0 aliphatic rings. The van der Waals surface area contributed by atoms with Crippen LogP contribution in [0.5, 0.6) is 0 Å². The van der Waals surface area contributed by atoms with Crippen LogP contribution in [0.2, 0.25) is 0 Å². The van der Waals surface area contributed by atoms with E-state index in [1.807, 2.05) is 12.1 Å². The Bertz CT molecular complexity index is 1060.